The molecule has 0 bridgehead atoms. The first-order valence-electron chi connectivity index (χ1n) is 10.1. The molecule has 0 aliphatic heterocycles. The van der Waals surface area contributed by atoms with Gasteiger partial charge in [0.05, 0.1) is 18.9 Å². The number of carbonyl (C=O) groups is 1. The molecule has 0 aromatic carbocycles. The predicted octanol–water partition coefficient (Wildman–Crippen LogP) is 5.74. The van der Waals surface area contributed by atoms with E-state index in [-0.39, 0.29) is 16.2 Å². The largest absolute Gasteiger partial charge is 0.500 e. The smallest absolute Gasteiger partial charge is 0.331 e. The first-order valence-corrected chi connectivity index (χ1v) is 10.1. The molecule has 3 rings (SSSR count). The molecule has 3 aliphatic rings. The molecule has 2 unspecified atom stereocenters. The van der Waals surface area contributed by atoms with E-state index in [2.05, 4.69) is 39.5 Å². The van der Waals surface area contributed by atoms with E-state index in [0.717, 1.165) is 18.9 Å². The highest BCUT2D eigenvalue weighted by molar-refractivity contribution is 5.79. The van der Waals surface area contributed by atoms with Crippen LogP contribution in [-0.2, 0) is 9.53 Å². The van der Waals surface area contributed by atoms with Crippen LogP contribution in [0.3, 0.4) is 0 Å². The fraction of sp³-hybridized carbons (Fsp3) is 0.696. The molecule has 3 nitrogen and oxygen atoms in total. The molecule has 0 radical (unpaired) electrons. The number of fused-ring (bicyclic) bond motifs is 3. The topological polar surface area (TPSA) is 46.5 Å². The Morgan fingerprint density at radius 3 is 2.77 bits per heavy atom. The third kappa shape index (κ3) is 3.14. The minimum absolute atomic E-state index is 0.101. The number of hydrogen-bond acceptors (Lipinski definition) is 2. The molecule has 3 heteroatoms. The van der Waals surface area contributed by atoms with Gasteiger partial charge in [0.1, 0.15) is 0 Å². The molecule has 0 aromatic rings. The van der Waals surface area contributed by atoms with Crippen molar-refractivity contribution in [2.24, 2.45) is 28.1 Å². The molecule has 0 spiro atoms. The van der Waals surface area contributed by atoms with E-state index in [1.54, 1.807) is 5.57 Å². The van der Waals surface area contributed by atoms with Crippen LogP contribution in [0.4, 0.5) is 0 Å². The van der Waals surface area contributed by atoms with Crippen molar-refractivity contribution in [3.63, 3.8) is 0 Å². The van der Waals surface area contributed by atoms with Crippen LogP contribution in [0, 0.1) is 28.1 Å². The van der Waals surface area contributed by atoms with Crippen molar-refractivity contribution in [1.29, 1.82) is 0 Å². The lowest BCUT2D eigenvalue weighted by Crippen LogP contribution is -2.52. The second kappa shape index (κ2) is 6.90. The Labute approximate surface area is 158 Å². The molecule has 0 saturated heterocycles. The quantitative estimate of drug-likeness (QED) is 0.387. The summed E-state index contributed by atoms with van der Waals surface area (Å²) in [4.78, 5) is 10.7. The van der Waals surface area contributed by atoms with Crippen LogP contribution in [0.15, 0.2) is 36.6 Å². The van der Waals surface area contributed by atoms with Crippen molar-refractivity contribution in [3.8, 4) is 0 Å². The number of allylic oxidation sites excluding steroid dienone is 3. The van der Waals surface area contributed by atoms with Crippen LogP contribution in [0.25, 0.3) is 0 Å². The van der Waals surface area contributed by atoms with Crippen LogP contribution in [0.5, 0.6) is 0 Å². The Morgan fingerprint density at radius 1 is 1.31 bits per heavy atom. The zero-order chi connectivity index (χ0) is 19.0. The Bertz CT molecular complexity index is 633. The molecule has 2 fully saturated rings. The predicted molar refractivity (Wildman–Crippen MR) is 105 cm³/mol. The Hall–Kier alpha value is -1.51. The molecule has 3 aliphatic carbocycles. The molecule has 0 aromatic heterocycles. The number of ether oxygens (including phenoxy) is 1. The lowest BCUT2D eigenvalue weighted by Gasteiger charge is -2.60. The molecule has 5 atom stereocenters. The zero-order valence-corrected chi connectivity index (χ0v) is 16.6. The fourth-order valence-electron chi connectivity index (χ4n) is 6.41. The summed E-state index contributed by atoms with van der Waals surface area (Å²) in [6.45, 7) is 12.0. The summed E-state index contributed by atoms with van der Waals surface area (Å²) in [5, 5.41) is 8.76. The van der Waals surface area contributed by atoms with Gasteiger partial charge >= 0.3 is 5.97 Å². The number of hydrogen-bond donors (Lipinski definition) is 1. The third-order valence-corrected chi connectivity index (χ3v) is 7.86. The van der Waals surface area contributed by atoms with Crippen molar-refractivity contribution in [2.75, 3.05) is 6.61 Å². The first kappa shape index (κ1) is 19.3. The van der Waals surface area contributed by atoms with Gasteiger partial charge in [-0.25, -0.2) is 4.79 Å². The molecule has 2 saturated carbocycles. The van der Waals surface area contributed by atoms with Gasteiger partial charge in [0.15, 0.2) is 0 Å². The lowest BCUT2D eigenvalue weighted by molar-refractivity contribution is -0.131. The normalized spacial score (nSPS) is 42.5. The number of aliphatic carboxylic acids is 1. The summed E-state index contributed by atoms with van der Waals surface area (Å²) >= 11 is 0. The number of carboxylic acid groups (broad SMARTS) is 1. The van der Waals surface area contributed by atoms with Gasteiger partial charge < -0.3 is 9.84 Å². The highest BCUT2D eigenvalue weighted by Gasteiger charge is 2.56. The molecule has 0 heterocycles. The zero-order valence-electron chi connectivity index (χ0n) is 16.6. The lowest BCUT2D eigenvalue weighted by atomic mass is 9.44. The molecular formula is C23H34O3. The van der Waals surface area contributed by atoms with Crippen molar-refractivity contribution < 1.29 is 14.6 Å². The third-order valence-electron chi connectivity index (χ3n) is 7.86. The van der Waals surface area contributed by atoms with Gasteiger partial charge in [-0.15, -0.1) is 6.58 Å². The summed E-state index contributed by atoms with van der Waals surface area (Å²) in [6, 6.07) is 0. The van der Waals surface area contributed by atoms with Crippen LogP contribution in [0.1, 0.15) is 65.7 Å². The highest BCUT2D eigenvalue weighted by atomic mass is 16.5. The Balaban J connectivity index is 1.85. The summed E-state index contributed by atoms with van der Waals surface area (Å²) in [5.41, 5.74) is 2.24. The van der Waals surface area contributed by atoms with Gasteiger partial charge in [0.25, 0.3) is 0 Å². The maximum Gasteiger partial charge on any atom is 0.331 e. The van der Waals surface area contributed by atoms with Crippen molar-refractivity contribution in [2.45, 2.75) is 65.7 Å². The second-order valence-corrected chi connectivity index (χ2v) is 9.47. The summed E-state index contributed by atoms with van der Waals surface area (Å²) in [7, 11) is 0. The molecule has 1 N–H and O–H groups in total. The Morgan fingerprint density at radius 2 is 2.08 bits per heavy atom. The van der Waals surface area contributed by atoms with Crippen LogP contribution in [-0.4, -0.2) is 17.7 Å². The first-order chi connectivity index (χ1) is 12.3. The summed E-state index contributed by atoms with van der Waals surface area (Å²) in [6.07, 6.45) is 15.6. The molecule has 144 valence electrons. The van der Waals surface area contributed by atoms with Gasteiger partial charge in [-0.2, -0.15) is 0 Å². The monoisotopic (exact) mass is 358 g/mol. The summed E-state index contributed by atoms with van der Waals surface area (Å²) < 4.78 is 5.68. The minimum Gasteiger partial charge on any atom is -0.500 e. The van der Waals surface area contributed by atoms with E-state index in [1.165, 1.54) is 38.4 Å². The average Bonchev–Trinajstić information content (AvgIpc) is 2.59. The van der Waals surface area contributed by atoms with Crippen LogP contribution < -0.4 is 0 Å². The maximum atomic E-state index is 10.7. The van der Waals surface area contributed by atoms with Gasteiger partial charge in [-0.3, -0.25) is 0 Å². The van der Waals surface area contributed by atoms with E-state index in [1.807, 2.05) is 0 Å². The van der Waals surface area contributed by atoms with Gasteiger partial charge in [0.2, 0.25) is 0 Å². The van der Waals surface area contributed by atoms with E-state index in [4.69, 9.17) is 9.84 Å². The van der Waals surface area contributed by atoms with E-state index in [9.17, 15) is 4.79 Å². The van der Waals surface area contributed by atoms with Crippen molar-refractivity contribution in [3.05, 3.63) is 36.6 Å². The molecule has 26 heavy (non-hydrogen) atoms. The highest BCUT2D eigenvalue weighted by Crippen LogP contribution is 2.65. The number of rotatable bonds is 5. The Kier molecular flexibility index (Phi) is 5.11. The average molecular weight is 359 g/mol. The van der Waals surface area contributed by atoms with Gasteiger partial charge in [-0.1, -0.05) is 44.9 Å². The molecular weight excluding hydrogens is 324 g/mol. The van der Waals surface area contributed by atoms with E-state index < -0.39 is 5.97 Å². The fourth-order valence-corrected chi connectivity index (χ4v) is 6.41. The van der Waals surface area contributed by atoms with Crippen molar-refractivity contribution >= 4 is 5.97 Å². The van der Waals surface area contributed by atoms with Crippen molar-refractivity contribution in [1.82, 2.24) is 0 Å². The van der Waals surface area contributed by atoms with Gasteiger partial charge in [0, 0.05) is 5.41 Å². The number of carboxylic acids is 1. The van der Waals surface area contributed by atoms with Crippen LogP contribution in [0.2, 0.25) is 0 Å². The second-order valence-electron chi connectivity index (χ2n) is 9.47. The minimum atomic E-state index is -0.958. The molecule has 0 amide bonds. The van der Waals surface area contributed by atoms with Gasteiger partial charge in [-0.05, 0) is 61.2 Å². The SMILES string of the molecule is C=C[C@@]1(C)CCC=C2C1CCC1[C@](C)(CO/C=C/C(=O)O)CCC[C@@]21C. The van der Waals surface area contributed by atoms with E-state index >= 15 is 0 Å². The van der Waals surface area contributed by atoms with Crippen LogP contribution >= 0.6 is 0 Å². The summed E-state index contributed by atoms with van der Waals surface area (Å²) in [5.74, 6) is 0.266. The standard InChI is InChI=1S/C23H34O3/c1-5-21(2)12-6-8-18-17(21)9-10-19-22(3,13-7-14-23(18,19)4)16-26-15-11-20(24)25/h5,8,11,15,17,19H,1,6-7,9-10,12-14,16H2,2-4H3,(H,24,25)/b15-11+/t17?,19?,21-,22-,23-/m0/s1. The van der Waals surface area contributed by atoms with E-state index in [0.29, 0.717) is 18.4 Å². The maximum absolute atomic E-state index is 10.7.